The molecule has 0 saturated heterocycles. The second-order valence-corrected chi connectivity index (χ2v) is 4.26. The van der Waals surface area contributed by atoms with Gasteiger partial charge in [0.05, 0.1) is 5.71 Å². The van der Waals surface area contributed by atoms with Gasteiger partial charge in [-0.15, -0.1) is 0 Å². The van der Waals surface area contributed by atoms with Crippen molar-refractivity contribution in [3.05, 3.63) is 28.6 Å². The van der Waals surface area contributed by atoms with Crippen LogP contribution in [0, 0.1) is 0 Å². The second-order valence-electron chi connectivity index (χ2n) is 4.26. The van der Waals surface area contributed by atoms with Gasteiger partial charge >= 0.3 is 0 Å². The molecule has 1 aromatic heterocycles. The maximum absolute atomic E-state index is 8.78. The fourth-order valence-corrected chi connectivity index (χ4v) is 2.61. The number of hydrogen-bond acceptors (Lipinski definition) is 2. The van der Waals surface area contributed by atoms with Gasteiger partial charge in [0.25, 0.3) is 0 Å². The van der Waals surface area contributed by atoms with Crippen molar-refractivity contribution in [3.63, 3.8) is 0 Å². The second kappa shape index (κ2) is 3.26. The number of H-pyrrole nitrogens is 1. The zero-order valence-electron chi connectivity index (χ0n) is 8.58. The minimum Gasteiger partial charge on any atom is -0.411 e. The molecular formula is C12H14N2O. The molecule has 1 aromatic rings. The van der Waals surface area contributed by atoms with Crippen LogP contribution in [-0.4, -0.2) is 15.9 Å². The molecule has 0 atom stereocenters. The number of fused-ring (bicyclic) bond motifs is 3. The summed E-state index contributed by atoms with van der Waals surface area (Å²) in [6.07, 6.45) is 9.40. The number of aromatic nitrogens is 1. The van der Waals surface area contributed by atoms with E-state index in [0.717, 1.165) is 37.8 Å². The maximum Gasteiger partial charge on any atom is 0.0632 e. The summed E-state index contributed by atoms with van der Waals surface area (Å²) in [5, 5.41) is 12.1. The molecule has 1 heterocycles. The number of oxime groups is 1. The predicted molar refractivity (Wildman–Crippen MR) is 59.4 cm³/mol. The molecule has 2 aliphatic rings. The first kappa shape index (κ1) is 8.77. The third-order valence-corrected chi connectivity index (χ3v) is 3.37. The number of rotatable bonds is 0. The van der Waals surface area contributed by atoms with Crippen molar-refractivity contribution in [1.82, 2.24) is 4.98 Å². The monoisotopic (exact) mass is 202 g/mol. The molecule has 3 heteroatoms. The van der Waals surface area contributed by atoms with E-state index in [2.05, 4.69) is 22.3 Å². The molecule has 0 amide bonds. The van der Waals surface area contributed by atoms with Gasteiger partial charge < -0.3 is 10.2 Å². The van der Waals surface area contributed by atoms with Crippen LogP contribution >= 0.6 is 0 Å². The summed E-state index contributed by atoms with van der Waals surface area (Å²) in [4.78, 5) is 3.44. The average molecular weight is 202 g/mol. The van der Waals surface area contributed by atoms with E-state index in [-0.39, 0.29) is 0 Å². The van der Waals surface area contributed by atoms with E-state index in [0.29, 0.717) is 0 Å². The molecule has 2 aliphatic carbocycles. The van der Waals surface area contributed by atoms with Crippen molar-refractivity contribution < 1.29 is 5.21 Å². The third-order valence-electron chi connectivity index (χ3n) is 3.37. The molecule has 3 nitrogen and oxygen atoms in total. The highest BCUT2D eigenvalue weighted by Crippen LogP contribution is 2.30. The van der Waals surface area contributed by atoms with Gasteiger partial charge in [0.2, 0.25) is 0 Å². The highest BCUT2D eigenvalue weighted by molar-refractivity contribution is 5.88. The molecule has 15 heavy (non-hydrogen) atoms. The van der Waals surface area contributed by atoms with Gasteiger partial charge in [-0.25, -0.2) is 0 Å². The SMILES string of the molecule is O/N=C1/CCc2c([nH]c3c2CCC=C3)C1. The van der Waals surface area contributed by atoms with E-state index in [9.17, 15) is 0 Å². The van der Waals surface area contributed by atoms with Gasteiger partial charge in [0, 0.05) is 17.8 Å². The minimum atomic E-state index is 0.784. The van der Waals surface area contributed by atoms with Gasteiger partial charge in [-0.2, -0.15) is 0 Å². The molecule has 0 unspecified atom stereocenters. The number of nitrogens with zero attached hydrogens (tertiary/aromatic N) is 1. The van der Waals surface area contributed by atoms with E-state index >= 15 is 0 Å². The van der Waals surface area contributed by atoms with Gasteiger partial charge in [-0.1, -0.05) is 11.2 Å². The lowest BCUT2D eigenvalue weighted by Crippen LogP contribution is -2.13. The summed E-state index contributed by atoms with van der Waals surface area (Å²) >= 11 is 0. The van der Waals surface area contributed by atoms with Crippen LogP contribution in [0.2, 0.25) is 0 Å². The normalized spacial score (nSPS) is 21.5. The van der Waals surface area contributed by atoms with Gasteiger partial charge in [-0.3, -0.25) is 0 Å². The minimum absolute atomic E-state index is 0.784. The van der Waals surface area contributed by atoms with Crippen LogP contribution in [0.15, 0.2) is 11.2 Å². The first-order valence-corrected chi connectivity index (χ1v) is 5.47. The largest absolute Gasteiger partial charge is 0.411 e. The van der Waals surface area contributed by atoms with E-state index in [4.69, 9.17) is 5.21 Å². The molecule has 0 radical (unpaired) electrons. The highest BCUT2D eigenvalue weighted by atomic mass is 16.4. The average Bonchev–Trinajstić information content (AvgIpc) is 2.66. The molecular weight excluding hydrogens is 188 g/mol. The van der Waals surface area contributed by atoms with Gasteiger partial charge in [0.1, 0.15) is 0 Å². The Bertz CT molecular complexity index is 454. The molecule has 0 bridgehead atoms. The molecule has 2 N–H and O–H groups in total. The van der Waals surface area contributed by atoms with Crippen molar-refractivity contribution >= 4 is 11.8 Å². The van der Waals surface area contributed by atoms with Crippen LogP contribution < -0.4 is 0 Å². The molecule has 0 fully saturated rings. The van der Waals surface area contributed by atoms with E-state index in [1.807, 2.05) is 0 Å². The maximum atomic E-state index is 8.78. The predicted octanol–water partition coefficient (Wildman–Crippen LogP) is 2.29. The zero-order chi connectivity index (χ0) is 10.3. The van der Waals surface area contributed by atoms with Crippen molar-refractivity contribution in [2.75, 3.05) is 0 Å². The summed E-state index contributed by atoms with van der Waals surface area (Å²) in [5.74, 6) is 0. The standard InChI is InChI=1S/C12H14N2O/c15-14-8-5-6-10-9-3-1-2-4-11(9)13-12(10)7-8/h2,4,13,15H,1,3,5-7H2/b14-8-. The molecule has 3 rings (SSSR count). The van der Waals surface area contributed by atoms with Crippen molar-refractivity contribution in [1.29, 1.82) is 0 Å². The smallest absolute Gasteiger partial charge is 0.0632 e. The van der Waals surface area contributed by atoms with E-state index in [1.165, 1.54) is 22.5 Å². The van der Waals surface area contributed by atoms with Crippen LogP contribution in [0.3, 0.4) is 0 Å². The van der Waals surface area contributed by atoms with Crippen LogP contribution in [0.4, 0.5) is 0 Å². The Labute approximate surface area is 88.5 Å². The van der Waals surface area contributed by atoms with E-state index < -0.39 is 0 Å². The Morgan fingerprint density at radius 2 is 2.13 bits per heavy atom. The Balaban J connectivity index is 2.07. The highest BCUT2D eigenvalue weighted by Gasteiger charge is 2.22. The third kappa shape index (κ3) is 1.30. The molecule has 0 spiro atoms. The molecule has 0 aliphatic heterocycles. The van der Waals surface area contributed by atoms with Gasteiger partial charge in [0.15, 0.2) is 0 Å². The lowest BCUT2D eigenvalue weighted by molar-refractivity contribution is 0.316. The fraction of sp³-hybridized carbons (Fsp3) is 0.417. The molecule has 0 saturated carbocycles. The van der Waals surface area contributed by atoms with Crippen LogP contribution in [0.25, 0.3) is 6.08 Å². The number of allylic oxidation sites excluding steroid dienone is 1. The summed E-state index contributed by atoms with van der Waals surface area (Å²) in [7, 11) is 0. The Morgan fingerprint density at radius 3 is 3.00 bits per heavy atom. The van der Waals surface area contributed by atoms with Crippen LogP contribution in [0.1, 0.15) is 35.4 Å². The molecule has 0 aromatic carbocycles. The number of hydrogen-bond donors (Lipinski definition) is 2. The summed E-state index contributed by atoms with van der Waals surface area (Å²) in [6.45, 7) is 0. The van der Waals surface area contributed by atoms with E-state index in [1.54, 1.807) is 0 Å². The van der Waals surface area contributed by atoms with Crippen LogP contribution in [0.5, 0.6) is 0 Å². The van der Waals surface area contributed by atoms with Crippen LogP contribution in [-0.2, 0) is 19.3 Å². The lowest BCUT2D eigenvalue weighted by atomic mass is 9.90. The van der Waals surface area contributed by atoms with Crippen molar-refractivity contribution in [2.45, 2.75) is 32.1 Å². The summed E-state index contributed by atoms with van der Waals surface area (Å²) in [6, 6.07) is 0. The Kier molecular flexibility index (Phi) is 1.91. The van der Waals surface area contributed by atoms with Gasteiger partial charge in [-0.05, 0) is 42.9 Å². The number of nitrogens with one attached hydrogen (secondary N) is 1. The zero-order valence-corrected chi connectivity index (χ0v) is 8.58. The quantitative estimate of drug-likeness (QED) is 0.492. The summed E-state index contributed by atoms with van der Waals surface area (Å²) in [5.41, 5.74) is 6.38. The first-order chi connectivity index (χ1) is 7.38. The fourth-order valence-electron chi connectivity index (χ4n) is 2.61. The first-order valence-electron chi connectivity index (χ1n) is 5.47. The number of aromatic amines is 1. The summed E-state index contributed by atoms with van der Waals surface area (Å²) < 4.78 is 0. The van der Waals surface area contributed by atoms with Crippen molar-refractivity contribution in [2.24, 2.45) is 5.16 Å². The van der Waals surface area contributed by atoms with Crippen molar-refractivity contribution in [3.8, 4) is 0 Å². The topological polar surface area (TPSA) is 48.4 Å². The molecule has 78 valence electrons. The lowest BCUT2D eigenvalue weighted by Gasteiger charge is -2.14. The Morgan fingerprint density at radius 1 is 1.20 bits per heavy atom. The Hall–Kier alpha value is -1.51.